The van der Waals surface area contributed by atoms with E-state index in [9.17, 15) is 18.0 Å². The summed E-state index contributed by atoms with van der Waals surface area (Å²) in [6.07, 6.45) is 1.96. The van der Waals surface area contributed by atoms with Crippen molar-refractivity contribution in [3.8, 4) is 0 Å². The monoisotopic (exact) mass is 371 g/mol. The van der Waals surface area contributed by atoms with Gasteiger partial charge in [-0.15, -0.1) is 0 Å². The molecule has 1 aromatic rings. The number of sulfonamides is 1. The van der Waals surface area contributed by atoms with Crippen molar-refractivity contribution in [3.63, 3.8) is 0 Å². The number of hydrogen-bond acceptors (Lipinski definition) is 4. The zero-order valence-electron chi connectivity index (χ0n) is 14.5. The van der Waals surface area contributed by atoms with Crippen LogP contribution < -0.4 is 10.9 Å². The number of carboxylic acid groups (broad SMARTS) is 1. The van der Waals surface area contributed by atoms with Gasteiger partial charge in [0.25, 0.3) is 5.91 Å². The van der Waals surface area contributed by atoms with Crippen molar-refractivity contribution in [2.75, 3.05) is 13.1 Å². The Kier molecular flexibility index (Phi) is 8.36. The molecule has 1 aromatic carbocycles. The molecule has 0 radical (unpaired) electrons. The summed E-state index contributed by atoms with van der Waals surface area (Å²) < 4.78 is 27.0. The van der Waals surface area contributed by atoms with Crippen LogP contribution in [0.3, 0.4) is 0 Å². The van der Waals surface area contributed by atoms with Crippen LogP contribution in [0.15, 0.2) is 29.2 Å². The molecule has 0 heterocycles. The van der Waals surface area contributed by atoms with Crippen LogP contribution in [0.2, 0.25) is 0 Å². The molecule has 140 valence electrons. The number of amides is 2. The maximum atomic E-state index is 12.8. The lowest BCUT2D eigenvalue weighted by Crippen LogP contribution is -2.40. The molecule has 0 atom stereocenters. The summed E-state index contributed by atoms with van der Waals surface area (Å²) in [6.45, 7) is 4.93. The highest BCUT2D eigenvalue weighted by Crippen LogP contribution is 2.18. The first kappa shape index (κ1) is 20.9. The molecular weight excluding hydrogens is 346 g/mol. The number of rotatable bonds is 9. The molecule has 3 N–H and O–H groups in total. The summed E-state index contributed by atoms with van der Waals surface area (Å²) in [6, 6.07) is 5.42. The lowest BCUT2D eigenvalue weighted by molar-refractivity contribution is 0.0926. The van der Waals surface area contributed by atoms with Crippen LogP contribution in [0.25, 0.3) is 0 Å². The topological polar surface area (TPSA) is 116 Å². The molecule has 25 heavy (non-hydrogen) atoms. The second-order valence-corrected chi connectivity index (χ2v) is 7.46. The molecule has 0 aliphatic heterocycles. The Balaban J connectivity index is 2.92. The SMILES string of the molecule is CCCCN(CCCC)S(=O)(=O)c1ccc(C(=O)NNC(=O)O)cc1. The van der Waals surface area contributed by atoms with Gasteiger partial charge >= 0.3 is 6.09 Å². The van der Waals surface area contributed by atoms with Crippen molar-refractivity contribution in [2.45, 2.75) is 44.4 Å². The fraction of sp³-hybridized carbons (Fsp3) is 0.500. The summed E-state index contributed by atoms with van der Waals surface area (Å²) in [5, 5.41) is 8.45. The number of unbranched alkanes of at least 4 members (excludes halogenated alkanes) is 2. The van der Waals surface area contributed by atoms with Crippen molar-refractivity contribution in [3.05, 3.63) is 29.8 Å². The minimum Gasteiger partial charge on any atom is -0.464 e. The Morgan fingerprint density at radius 2 is 1.52 bits per heavy atom. The molecule has 0 fully saturated rings. The van der Waals surface area contributed by atoms with Crippen molar-refractivity contribution in [2.24, 2.45) is 0 Å². The number of nitrogens with zero attached hydrogens (tertiary/aromatic N) is 1. The first-order chi connectivity index (χ1) is 11.8. The van der Waals surface area contributed by atoms with E-state index in [4.69, 9.17) is 5.11 Å². The molecule has 9 heteroatoms. The first-order valence-electron chi connectivity index (χ1n) is 8.22. The number of carbonyl (C=O) groups excluding carboxylic acids is 1. The lowest BCUT2D eigenvalue weighted by atomic mass is 10.2. The third-order valence-corrected chi connectivity index (χ3v) is 5.47. The number of hydrazine groups is 1. The largest absolute Gasteiger partial charge is 0.464 e. The first-order valence-corrected chi connectivity index (χ1v) is 9.66. The lowest BCUT2D eigenvalue weighted by Gasteiger charge is -2.22. The van der Waals surface area contributed by atoms with E-state index < -0.39 is 22.0 Å². The number of benzene rings is 1. The minimum absolute atomic E-state index is 0.113. The number of nitrogens with one attached hydrogen (secondary N) is 2. The van der Waals surface area contributed by atoms with Gasteiger partial charge in [0.2, 0.25) is 10.0 Å². The zero-order chi connectivity index (χ0) is 18.9. The predicted octanol–water partition coefficient (Wildman–Crippen LogP) is 2.19. The highest BCUT2D eigenvalue weighted by Gasteiger charge is 2.23. The normalized spacial score (nSPS) is 11.3. The highest BCUT2D eigenvalue weighted by molar-refractivity contribution is 7.89. The van der Waals surface area contributed by atoms with Gasteiger partial charge in [-0.3, -0.25) is 10.2 Å². The van der Waals surface area contributed by atoms with E-state index in [1.807, 2.05) is 19.3 Å². The summed E-state index contributed by atoms with van der Waals surface area (Å²) in [5.41, 5.74) is 3.88. The molecule has 8 nitrogen and oxygen atoms in total. The Morgan fingerprint density at radius 3 is 1.96 bits per heavy atom. The van der Waals surface area contributed by atoms with E-state index in [-0.39, 0.29) is 10.5 Å². The summed E-state index contributed by atoms with van der Waals surface area (Å²) in [7, 11) is -3.62. The second kappa shape index (κ2) is 10.00. The maximum Gasteiger partial charge on any atom is 0.423 e. The van der Waals surface area contributed by atoms with Crippen LogP contribution in [0.4, 0.5) is 4.79 Å². The fourth-order valence-corrected chi connectivity index (χ4v) is 3.65. The van der Waals surface area contributed by atoms with E-state index in [2.05, 4.69) is 0 Å². The van der Waals surface area contributed by atoms with Gasteiger partial charge in [-0.1, -0.05) is 26.7 Å². The van der Waals surface area contributed by atoms with Gasteiger partial charge in [-0.2, -0.15) is 4.31 Å². The predicted molar refractivity (Wildman–Crippen MR) is 93.6 cm³/mol. The van der Waals surface area contributed by atoms with Crippen LogP contribution in [0, 0.1) is 0 Å². The summed E-state index contributed by atoms with van der Waals surface area (Å²) in [4.78, 5) is 22.2. The van der Waals surface area contributed by atoms with Gasteiger partial charge in [-0.05, 0) is 37.1 Å². The van der Waals surface area contributed by atoms with Gasteiger partial charge in [0.1, 0.15) is 0 Å². The quantitative estimate of drug-likeness (QED) is 0.576. The Hall–Kier alpha value is -2.13. The molecule has 1 rings (SSSR count). The maximum absolute atomic E-state index is 12.8. The third kappa shape index (κ3) is 6.35. The molecule has 0 saturated heterocycles. The minimum atomic E-state index is -3.62. The van der Waals surface area contributed by atoms with Crippen molar-refractivity contribution >= 4 is 22.0 Å². The molecule has 2 amide bonds. The smallest absolute Gasteiger partial charge is 0.423 e. The van der Waals surface area contributed by atoms with Crippen LogP contribution >= 0.6 is 0 Å². The average molecular weight is 371 g/mol. The molecular formula is C16H25N3O5S. The number of hydrogen-bond donors (Lipinski definition) is 3. The molecule has 0 spiro atoms. The highest BCUT2D eigenvalue weighted by atomic mass is 32.2. The number of carbonyl (C=O) groups is 2. The Bertz CT molecular complexity index is 666. The van der Waals surface area contributed by atoms with E-state index in [0.29, 0.717) is 13.1 Å². The van der Waals surface area contributed by atoms with Crippen LogP contribution in [0.5, 0.6) is 0 Å². The average Bonchev–Trinajstić information content (AvgIpc) is 2.59. The van der Waals surface area contributed by atoms with E-state index in [0.717, 1.165) is 25.7 Å². The Morgan fingerprint density at radius 1 is 1.00 bits per heavy atom. The van der Waals surface area contributed by atoms with E-state index in [1.165, 1.54) is 28.6 Å². The summed E-state index contributed by atoms with van der Waals surface area (Å²) >= 11 is 0. The van der Waals surface area contributed by atoms with Crippen LogP contribution in [-0.4, -0.2) is 42.9 Å². The van der Waals surface area contributed by atoms with Gasteiger partial charge in [0.05, 0.1) is 4.90 Å². The van der Waals surface area contributed by atoms with Gasteiger partial charge < -0.3 is 5.11 Å². The Labute approximate surface area is 148 Å². The van der Waals surface area contributed by atoms with E-state index in [1.54, 1.807) is 5.43 Å². The van der Waals surface area contributed by atoms with Gasteiger partial charge in [0.15, 0.2) is 0 Å². The fourth-order valence-electron chi connectivity index (χ4n) is 2.13. The third-order valence-electron chi connectivity index (χ3n) is 3.56. The molecule has 0 unspecified atom stereocenters. The van der Waals surface area contributed by atoms with Crippen LogP contribution in [0.1, 0.15) is 49.9 Å². The van der Waals surface area contributed by atoms with Crippen molar-refractivity contribution < 1.29 is 23.1 Å². The van der Waals surface area contributed by atoms with Crippen molar-refractivity contribution in [1.29, 1.82) is 0 Å². The summed E-state index contributed by atoms with van der Waals surface area (Å²) in [5.74, 6) is -0.667. The van der Waals surface area contributed by atoms with E-state index >= 15 is 0 Å². The van der Waals surface area contributed by atoms with Crippen molar-refractivity contribution in [1.82, 2.24) is 15.2 Å². The zero-order valence-corrected chi connectivity index (χ0v) is 15.3. The molecule has 0 aromatic heterocycles. The second-order valence-electron chi connectivity index (χ2n) is 5.52. The molecule has 0 saturated carbocycles. The van der Waals surface area contributed by atoms with Gasteiger partial charge in [-0.25, -0.2) is 18.6 Å². The standard InChI is InChI=1S/C16H25N3O5S/c1-3-5-11-19(12-6-4-2)25(23,24)14-9-7-13(8-10-14)15(20)17-18-16(21)22/h7-10,18H,3-6,11-12H2,1-2H3,(H,17,20)(H,21,22). The van der Waals surface area contributed by atoms with Gasteiger partial charge in [0, 0.05) is 18.7 Å². The van der Waals surface area contributed by atoms with Crippen LogP contribution in [-0.2, 0) is 10.0 Å². The molecule has 0 aliphatic rings. The molecule has 0 aliphatic carbocycles. The molecule has 0 bridgehead atoms.